The van der Waals surface area contributed by atoms with E-state index in [0.717, 1.165) is 29.8 Å². The van der Waals surface area contributed by atoms with Gasteiger partial charge in [0.2, 0.25) is 0 Å². The molecule has 2 unspecified atom stereocenters. The van der Waals surface area contributed by atoms with Gasteiger partial charge in [-0.3, -0.25) is 4.68 Å². The van der Waals surface area contributed by atoms with Crippen LogP contribution in [0.2, 0.25) is 0 Å². The van der Waals surface area contributed by atoms with Gasteiger partial charge in [0.1, 0.15) is 5.75 Å². The molecule has 21 heavy (non-hydrogen) atoms. The van der Waals surface area contributed by atoms with E-state index in [1.807, 2.05) is 42.1 Å². The second-order valence-electron chi connectivity index (χ2n) is 5.36. The lowest BCUT2D eigenvalue weighted by Crippen LogP contribution is -2.14. The van der Waals surface area contributed by atoms with Crippen molar-refractivity contribution >= 4 is 0 Å². The molecule has 0 spiro atoms. The molecule has 0 radical (unpaired) electrons. The topological polar surface area (TPSA) is 53.1 Å². The molecule has 1 heterocycles. The summed E-state index contributed by atoms with van der Waals surface area (Å²) in [6, 6.07) is 10.4. The number of hydrogen-bond donors (Lipinski definition) is 1. The molecule has 1 aromatic heterocycles. The van der Waals surface area contributed by atoms with Crippen molar-refractivity contribution in [1.82, 2.24) is 9.78 Å². The average molecular weight is 287 g/mol. The van der Waals surface area contributed by atoms with E-state index in [9.17, 15) is 0 Å². The van der Waals surface area contributed by atoms with Crippen LogP contribution in [0.1, 0.15) is 50.5 Å². The predicted octanol–water partition coefficient (Wildman–Crippen LogP) is 3.50. The molecule has 0 aliphatic rings. The molecule has 0 saturated heterocycles. The van der Waals surface area contributed by atoms with E-state index in [2.05, 4.69) is 25.0 Å². The van der Waals surface area contributed by atoms with Crippen LogP contribution in [0.3, 0.4) is 0 Å². The third kappa shape index (κ3) is 4.08. The molecule has 114 valence electrons. The summed E-state index contributed by atoms with van der Waals surface area (Å²) in [5.41, 5.74) is 8.43. The van der Waals surface area contributed by atoms with E-state index in [0.29, 0.717) is 12.6 Å². The van der Waals surface area contributed by atoms with Gasteiger partial charge in [-0.1, -0.05) is 19.1 Å². The van der Waals surface area contributed by atoms with E-state index in [1.165, 1.54) is 0 Å². The molecule has 0 saturated carbocycles. The predicted molar refractivity (Wildman–Crippen MR) is 85.5 cm³/mol. The molecule has 2 rings (SSSR count). The third-order valence-electron chi connectivity index (χ3n) is 3.75. The van der Waals surface area contributed by atoms with Gasteiger partial charge in [-0.2, -0.15) is 5.10 Å². The van der Waals surface area contributed by atoms with Crippen molar-refractivity contribution in [2.45, 2.75) is 45.7 Å². The number of hydrogen-bond acceptors (Lipinski definition) is 3. The van der Waals surface area contributed by atoms with Gasteiger partial charge in [0.25, 0.3) is 0 Å². The first-order valence-corrected chi connectivity index (χ1v) is 7.66. The zero-order valence-electron chi connectivity index (χ0n) is 13.1. The first-order chi connectivity index (χ1) is 10.1. The number of rotatable bonds is 7. The largest absolute Gasteiger partial charge is 0.494 e. The van der Waals surface area contributed by atoms with Crippen molar-refractivity contribution in [3.8, 4) is 5.75 Å². The molecule has 0 bridgehead atoms. The Balaban J connectivity index is 2.00. The lowest BCUT2D eigenvalue weighted by molar-refractivity contribution is 0.340. The Morgan fingerprint density at radius 2 is 1.90 bits per heavy atom. The van der Waals surface area contributed by atoms with Crippen molar-refractivity contribution in [2.24, 2.45) is 5.73 Å². The molecule has 4 nitrogen and oxygen atoms in total. The minimum absolute atomic E-state index is 0.0408. The van der Waals surface area contributed by atoms with Crippen LogP contribution in [0.25, 0.3) is 0 Å². The normalized spacial score (nSPS) is 13.9. The van der Waals surface area contributed by atoms with Gasteiger partial charge in [0.05, 0.1) is 12.3 Å². The highest BCUT2D eigenvalue weighted by atomic mass is 16.5. The molecule has 2 aromatic rings. The zero-order valence-corrected chi connectivity index (χ0v) is 13.1. The van der Waals surface area contributed by atoms with Crippen LogP contribution < -0.4 is 10.5 Å². The van der Waals surface area contributed by atoms with Crippen LogP contribution in [0.15, 0.2) is 36.5 Å². The molecule has 2 atom stereocenters. The fraction of sp³-hybridized carbons (Fsp3) is 0.471. The van der Waals surface area contributed by atoms with E-state index >= 15 is 0 Å². The highest BCUT2D eigenvalue weighted by Gasteiger charge is 2.11. The number of nitrogens with two attached hydrogens (primary N) is 1. The molecular formula is C17H25N3O. The first kappa shape index (κ1) is 15.6. The monoisotopic (exact) mass is 287 g/mol. The van der Waals surface area contributed by atoms with Crippen LogP contribution in [0.5, 0.6) is 5.75 Å². The number of aromatic nitrogens is 2. The first-order valence-electron chi connectivity index (χ1n) is 7.66. The maximum absolute atomic E-state index is 6.28. The number of benzene rings is 1. The molecule has 0 amide bonds. The summed E-state index contributed by atoms with van der Waals surface area (Å²) < 4.78 is 7.46. The molecule has 0 fully saturated rings. The molecule has 1 aromatic carbocycles. The lowest BCUT2D eigenvalue weighted by atomic mass is 10.0. The summed E-state index contributed by atoms with van der Waals surface area (Å²) in [6.07, 6.45) is 3.86. The Kier molecular flexibility index (Phi) is 5.39. The fourth-order valence-corrected chi connectivity index (χ4v) is 2.24. The van der Waals surface area contributed by atoms with Crippen LogP contribution in [0.4, 0.5) is 0 Å². The Morgan fingerprint density at radius 1 is 1.19 bits per heavy atom. The minimum atomic E-state index is -0.0408. The highest BCUT2D eigenvalue weighted by Crippen LogP contribution is 2.19. The summed E-state index contributed by atoms with van der Waals surface area (Å²) in [5, 5.41) is 4.61. The van der Waals surface area contributed by atoms with Crippen LogP contribution in [-0.2, 0) is 6.42 Å². The second-order valence-corrected chi connectivity index (χ2v) is 5.36. The van der Waals surface area contributed by atoms with Crippen LogP contribution >= 0.6 is 0 Å². The van der Waals surface area contributed by atoms with Crippen LogP contribution in [0, 0.1) is 0 Å². The Labute approximate surface area is 126 Å². The third-order valence-corrected chi connectivity index (χ3v) is 3.75. The van der Waals surface area contributed by atoms with Gasteiger partial charge >= 0.3 is 0 Å². The maximum atomic E-state index is 6.28. The summed E-state index contributed by atoms with van der Waals surface area (Å²) in [5.74, 6) is 0.884. The Hall–Kier alpha value is -1.81. The molecular weight excluding hydrogens is 262 g/mol. The number of nitrogens with zero attached hydrogens (tertiary/aromatic N) is 2. The minimum Gasteiger partial charge on any atom is -0.494 e. The van der Waals surface area contributed by atoms with Gasteiger partial charge in [-0.15, -0.1) is 0 Å². The molecule has 2 N–H and O–H groups in total. The zero-order chi connectivity index (χ0) is 15.2. The van der Waals surface area contributed by atoms with E-state index in [4.69, 9.17) is 10.5 Å². The van der Waals surface area contributed by atoms with Crippen LogP contribution in [-0.4, -0.2) is 16.4 Å². The van der Waals surface area contributed by atoms with Crippen molar-refractivity contribution in [2.75, 3.05) is 6.61 Å². The smallest absolute Gasteiger partial charge is 0.119 e. The van der Waals surface area contributed by atoms with E-state index < -0.39 is 0 Å². The van der Waals surface area contributed by atoms with Gasteiger partial charge in [0.15, 0.2) is 0 Å². The summed E-state index contributed by atoms with van der Waals surface area (Å²) in [4.78, 5) is 0. The fourth-order valence-electron chi connectivity index (χ4n) is 2.24. The standard InChI is InChI=1S/C17H25N3O/c1-4-13(3)20-11-10-15(19-20)12-17(18)14-6-8-16(9-7-14)21-5-2/h6-11,13,17H,4-5,12,18H2,1-3H3. The van der Waals surface area contributed by atoms with Crippen molar-refractivity contribution in [3.05, 3.63) is 47.8 Å². The Morgan fingerprint density at radius 3 is 2.52 bits per heavy atom. The van der Waals surface area contributed by atoms with E-state index in [1.54, 1.807) is 0 Å². The van der Waals surface area contributed by atoms with E-state index in [-0.39, 0.29) is 6.04 Å². The summed E-state index contributed by atoms with van der Waals surface area (Å²) in [6.45, 7) is 6.99. The van der Waals surface area contributed by atoms with Gasteiger partial charge in [0, 0.05) is 24.7 Å². The summed E-state index contributed by atoms with van der Waals surface area (Å²) in [7, 11) is 0. The summed E-state index contributed by atoms with van der Waals surface area (Å²) >= 11 is 0. The molecule has 0 aliphatic carbocycles. The second kappa shape index (κ2) is 7.27. The number of ether oxygens (including phenoxy) is 1. The average Bonchev–Trinajstić information content (AvgIpc) is 2.96. The van der Waals surface area contributed by atoms with Gasteiger partial charge in [-0.05, 0) is 44.0 Å². The molecule has 4 heteroatoms. The van der Waals surface area contributed by atoms with Crippen molar-refractivity contribution < 1.29 is 4.74 Å². The van der Waals surface area contributed by atoms with Crippen molar-refractivity contribution in [3.63, 3.8) is 0 Å². The Bertz CT molecular complexity index is 547. The van der Waals surface area contributed by atoms with Crippen molar-refractivity contribution in [1.29, 1.82) is 0 Å². The highest BCUT2D eigenvalue weighted by molar-refractivity contribution is 5.29. The quantitative estimate of drug-likeness (QED) is 0.848. The van der Waals surface area contributed by atoms with Gasteiger partial charge < -0.3 is 10.5 Å². The maximum Gasteiger partial charge on any atom is 0.119 e. The molecule has 0 aliphatic heterocycles. The SMILES string of the molecule is CCOc1ccc(C(N)Cc2ccn(C(C)CC)n2)cc1. The van der Waals surface area contributed by atoms with Gasteiger partial charge in [-0.25, -0.2) is 0 Å². The lowest BCUT2D eigenvalue weighted by Gasteiger charge is -2.12.